The monoisotopic (exact) mass is 311 g/mol. The number of carbonyl (C=O) groups is 1. The number of pyridine rings is 1. The molecule has 0 radical (unpaired) electrons. The summed E-state index contributed by atoms with van der Waals surface area (Å²) < 4.78 is 5.42. The van der Waals surface area contributed by atoms with E-state index >= 15 is 0 Å². The van der Waals surface area contributed by atoms with E-state index < -0.39 is 0 Å². The molecule has 1 aliphatic heterocycles. The number of amides is 1. The van der Waals surface area contributed by atoms with E-state index in [9.17, 15) is 4.79 Å². The fourth-order valence-electron chi connectivity index (χ4n) is 2.88. The van der Waals surface area contributed by atoms with Crippen molar-refractivity contribution in [3.8, 4) is 5.75 Å². The maximum absolute atomic E-state index is 12.4. The van der Waals surface area contributed by atoms with E-state index in [1.807, 2.05) is 35.2 Å². The normalized spacial score (nSPS) is 14.7. The zero-order chi connectivity index (χ0) is 16.1. The Kier molecular flexibility index (Phi) is 4.76. The van der Waals surface area contributed by atoms with E-state index in [1.54, 1.807) is 19.5 Å². The standard InChI is InChI=1S/C18H21N3O2/c1-23-17-7-3-2-6-16(17)20-9-11-21(12-10-20)18(22)13-15-5-4-8-19-14-15/h2-8,14H,9-13H2,1H3. The summed E-state index contributed by atoms with van der Waals surface area (Å²) in [6.07, 6.45) is 3.89. The van der Waals surface area contributed by atoms with E-state index in [4.69, 9.17) is 4.74 Å². The van der Waals surface area contributed by atoms with Crippen LogP contribution in [0.2, 0.25) is 0 Å². The van der Waals surface area contributed by atoms with Crippen molar-refractivity contribution in [2.24, 2.45) is 0 Å². The van der Waals surface area contributed by atoms with Crippen molar-refractivity contribution < 1.29 is 9.53 Å². The van der Waals surface area contributed by atoms with Gasteiger partial charge in [0.15, 0.2) is 0 Å². The minimum atomic E-state index is 0.165. The lowest BCUT2D eigenvalue weighted by molar-refractivity contribution is -0.130. The lowest BCUT2D eigenvalue weighted by Gasteiger charge is -2.36. The van der Waals surface area contributed by atoms with Crippen LogP contribution in [0, 0.1) is 0 Å². The summed E-state index contributed by atoms with van der Waals surface area (Å²) in [6.45, 7) is 3.10. The van der Waals surface area contributed by atoms with Crippen molar-refractivity contribution >= 4 is 11.6 Å². The van der Waals surface area contributed by atoms with Crippen molar-refractivity contribution in [1.82, 2.24) is 9.88 Å². The van der Waals surface area contributed by atoms with Crippen LogP contribution >= 0.6 is 0 Å². The fourth-order valence-corrected chi connectivity index (χ4v) is 2.88. The van der Waals surface area contributed by atoms with Gasteiger partial charge in [-0.1, -0.05) is 18.2 Å². The van der Waals surface area contributed by atoms with Crippen LogP contribution in [-0.2, 0) is 11.2 Å². The molecule has 120 valence electrons. The molecule has 1 fully saturated rings. The smallest absolute Gasteiger partial charge is 0.227 e. The van der Waals surface area contributed by atoms with Crippen LogP contribution in [0.3, 0.4) is 0 Å². The molecule has 5 nitrogen and oxygen atoms in total. The zero-order valence-corrected chi connectivity index (χ0v) is 13.3. The first-order valence-corrected chi connectivity index (χ1v) is 7.82. The molecule has 0 N–H and O–H groups in total. The molecule has 3 rings (SSSR count). The lowest BCUT2D eigenvalue weighted by atomic mass is 10.1. The first-order chi connectivity index (χ1) is 11.3. The quantitative estimate of drug-likeness (QED) is 0.866. The third-order valence-electron chi connectivity index (χ3n) is 4.14. The van der Waals surface area contributed by atoms with Crippen LogP contribution in [0.1, 0.15) is 5.56 Å². The number of carbonyl (C=O) groups excluding carboxylic acids is 1. The van der Waals surface area contributed by atoms with Gasteiger partial charge in [0.2, 0.25) is 5.91 Å². The Labute approximate surface area is 136 Å². The van der Waals surface area contributed by atoms with Crippen LogP contribution in [0.5, 0.6) is 5.75 Å². The SMILES string of the molecule is COc1ccccc1N1CCN(C(=O)Cc2cccnc2)CC1. The highest BCUT2D eigenvalue weighted by atomic mass is 16.5. The molecule has 0 aliphatic carbocycles. The highest BCUT2D eigenvalue weighted by Gasteiger charge is 2.22. The highest BCUT2D eigenvalue weighted by Crippen LogP contribution is 2.28. The summed E-state index contributed by atoms with van der Waals surface area (Å²) in [4.78, 5) is 20.6. The summed E-state index contributed by atoms with van der Waals surface area (Å²) in [7, 11) is 1.69. The van der Waals surface area contributed by atoms with Gasteiger partial charge in [0.25, 0.3) is 0 Å². The largest absolute Gasteiger partial charge is 0.495 e. The van der Waals surface area contributed by atoms with E-state index in [0.29, 0.717) is 6.42 Å². The Morgan fingerprint density at radius 3 is 2.61 bits per heavy atom. The minimum Gasteiger partial charge on any atom is -0.495 e. The van der Waals surface area contributed by atoms with Gasteiger partial charge in [-0.3, -0.25) is 9.78 Å². The van der Waals surface area contributed by atoms with E-state index in [0.717, 1.165) is 43.2 Å². The van der Waals surface area contributed by atoms with Crippen molar-refractivity contribution in [3.05, 3.63) is 54.4 Å². The van der Waals surface area contributed by atoms with Gasteiger partial charge in [0, 0.05) is 38.6 Å². The van der Waals surface area contributed by atoms with Gasteiger partial charge in [-0.05, 0) is 23.8 Å². The second-order valence-corrected chi connectivity index (χ2v) is 5.58. The van der Waals surface area contributed by atoms with Gasteiger partial charge in [0.1, 0.15) is 5.75 Å². The zero-order valence-electron chi connectivity index (χ0n) is 13.3. The van der Waals surface area contributed by atoms with Gasteiger partial charge < -0.3 is 14.5 Å². The van der Waals surface area contributed by atoms with Gasteiger partial charge in [-0.25, -0.2) is 0 Å². The second kappa shape index (κ2) is 7.13. The Hall–Kier alpha value is -2.56. The molecule has 2 aromatic rings. The molecule has 1 saturated heterocycles. The molecule has 1 amide bonds. The number of hydrogen-bond donors (Lipinski definition) is 0. The summed E-state index contributed by atoms with van der Waals surface area (Å²) in [6, 6.07) is 11.8. The van der Waals surface area contributed by atoms with E-state index in [-0.39, 0.29) is 5.91 Å². The van der Waals surface area contributed by atoms with Crippen LogP contribution < -0.4 is 9.64 Å². The molecule has 1 aromatic heterocycles. The molecule has 23 heavy (non-hydrogen) atoms. The predicted octanol–water partition coefficient (Wildman–Crippen LogP) is 1.98. The van der Waals surface area contributed by atoms with Crippen molar-refractivity contribution in [3.63, 3.8) is 0 Å². The summed E-state index contributed by atoms with van der Waals surface area (Å²) in [5.41, 5.74) is 2.05. The highest BCUT2D eigenvalue weighted by molar-refractivity contribution is 5.79. The molecule has 0 bridgehead atoms. The van der Waals surface area contributed by atoms with Gasteiger partial charge >= 0.3 is 0 Å². The molecular formula is C18H21N3O2. The number of benzene rings is 1. The molecular weight excluding hydrogens is 290 g/mol. The average molecular weight is 311 g/mol. The Balaban J connectivity index is 1.59. The number of ether oxygens (including phenoxy) is 1. The first kappa shape index (κ1) is 15.3. The van der Waals surface area contributed by atoms with Crippen LogP contribution in [0.25, 0.3) is 0 Å². The second-order valence-electron chi connectivity index (χ2n) is 5.58. The van der Waals surface area contributed by atoms with Crippen molar-refractivity contribution in [1.29, 1.82) is 0 Å². The summed E-state index contributed by atoms with van der Waals surface area (Å²) in [5, 5.41) is 0. The minimum absolute atomic E-state index is 0.165. The fraction of sp³-hybridized carbons (Fsp3) is 0.333. The molecule has 2 heterocycles. The Morgan fingerprint density at radius 2 is 1.91 bits per heavy atom. The molecule has 1 aliphatic rings. The number of nitrogens with zero attached hydrogens (tertiary/aromatic N) is 3. The molecule has 0 unspecified atom stereocenters. The lowest BCUT2D eigenvalue weighted by Crippen LogP contribution is -2.49. The Bertz CT molecular complexity index is 652. The van der Waals surface area contributed by atoms with Crippen molar-refractivity contribution in [2.45, 2.75) is 6.42 Å². The number of para-hydroxylation sites is 2. The number of anilines is 1. The van der Waals surface area contributed by atoms with Crippen LogP contribution in [-0.4, -0.2) is 49.1 Å². The number of methoxy groups -OCH3 is 1. The molecule has 1 aromatic carbocycles. The maximum atomic E-state index is 12.4. The third kappa shape index (κ3) is 3.62. The summed E-state index contributed by atoms with van der Waals surface area (Å²) in [5.74, 6) is 1.04. The van der Waals surface area contributed by atoms with E-state index in [2.05, 4.69) is 16.0 Å². The van der Waals surface area contributed by atoms with Crippen molar-refractivity contribution in [2.75, 3.05) is 38.2 Å². The number of hydrogen-bond acceptors (Lipinski definition) is 4. The molecule has 5 heteroatoms. The van der Waals surface area contributed by atoms with Gasteiger partial charge in [-0.15, -0.1) is 0 Å². The van der Waals surface area contributed by atoms with Crippen LogP contribution in [0.15, 0.2) is 48.8 Å². The van der Waals surface area contributed by atoms with E-state index in [1.165, 1.54) is 0 Å². The van der Waals surface area contributed by atoms with Gasteiger partial charge in [-0.2, -0.15) is 0 Å². The average Bonchev–Trinajstić information content (AvgIpc) is 2.62. The topological polar surface area (TPSA) is 45.7 Å². The third-order valence-corrected chi connectivity index (χ3v) is 4.14. The summed E-state index contributed by atoms with van der Waals surface area (Å²) >= 11 is 0. The number of aromatic nitrogens is 1. The van der Waals surface area contributed by atoms with Crippen LogP contribution in [0.4, 0.5) is 5.69 Å². The number of rotatable bonds is 4. The first-order valence-electron chi connectivity index (χ1n) is 7.82. The predicted molar refractivity (Wildman–Crippen MR) is 89.7 cm³/mol. The molecule has 0 atom stereocenters. The van der Waals surface area contributed by atoms with Gasteiger partial charge in [0.05, 0.1) is 19.2 Å². The molecule has 0 saturated carbocycles. The molecule has 0 spiro atoms. The maximum Gasteiger partial charge on any atom is 0.227 e. The number of piperazine rings is 1. The Morgan fingerprint density at radius 1 is 1.13 bits per heavy atom.